The molecular formula is C30H41F3N2O4S. The Kier molecular flexibility index (Phi) is 18.8. The third-order valence-corrected chi connectivity index (χ3v) is 6.62. The molecule has 0 aliphatic heterocycles. The van der Waals surface area contributed by atoms with Gasteiger partial charge in [-0.25, -0.2) is 0 Å². The summed E-state index contributed by atoms with van der Waals surface area (Å²) < 4.78 is 41.1. The fourth-order valence-corrected chi connectivity index (χ4v) is 4.16. The van der Waals surface area contributed by atoms with Crippen molar-refractivity contribution in [2.75, 3.05) is 25.5 Å². The lowest BCUT2D eigenvalue weighted by Crippen LogP contribution is -2.32. The summed E-state index contributed by atoms with van der Waals surface area (Å²) in [4.78, 5) is 21.9. The number of halogens is 3. The summed E-state index contributed by atoms with van der Waals surface area (Å²) in [6, 6.07) is 2.33. The maximum absolute atomic E-state index is 12.4. The number of nitrogens with one attached hydrogen (secondary N) is 2. The number of thiophene rings is 1. The predicted octanol–water partition coefficient (Wildman–Crippen LogP) is 7.50. The zero-order valence-electron chi connectivity index (χ0n) is 23.8. The van der Waals surface area contributed by atoms with E-state index in [1.807, 2.05) is 6.92 Å². The SMILES string of the molecule is C=C(/C=C\C(=C/C)OCC(F)(F)F)C(=O)c1cc(CC)sc1NC.CCCNC(C)C1C=CC=CC=C1.O=CO. The second kappa shape index (κ2) is 20.5. The van der Waals surface area contributed by atoms with E-state index in [2.05, 4.69) is 72.3 Å². The molecule has 222 valence electrons. The van der Waals surface area contributed by atoms with Crippen molar-refractivity contribution < 1.29 is 32.6 Å². The molecule has 40 heavy (non-hydrogen) atoms. The molecule has 0 saturated heterocycles. The van der Waals surface area contributed by atoms with E-state index in [0.29, 0.717) is 17.5 Å². The van der Waals surface area contributed by atoms with Crippen molar-refractivity contribution in [3.63, 3.8) is 0 Å². The van der Waals surface area contributed by atoms with Crippen LogP contribution >= 0.6 is 11.3 Å². The normalized spacial score (nSPS) is 13.9. The minimum Gasteiger partial charge on any atom is -0.484 e. The summed E-state index contributed by atoms with van der Waals surface area (Å²) in [5, 5.41) is 14.1. The number of allylic oxidation sites excluding steroid dienone is 8. The van der Waals surface area contributed by atoms with Gasteiger partial charge in [-0.2, -0.15) is 13.2 Å². The molecule has 1 aromatic rings. The topological polar surface area (TPSA) is 87.7 Å². The van der Waals surface area contributed by atoms with Crippen LogP contribution in [0.25, 0.3) is 0 Å². The van der Waals surface area contributed by atoms with Crippen molar-refractivity contribution in [1.82, 2.24) is 5.32 Å². The van der Waals surface area contributed by atoms with Gasteiger partial charge in [0.25, 0.3) is 6.47 Å². The van der Waals surface area contributed by atoms with Crippen LogP contribution in [-0.4, -0.2) is 49.8 Å². The van der Waals surface area contributed by atoms with Gasteiger partial charge >= 0.3 is 6.18 Å². The maximum atomic E-state index is 12.4. The lowest BCUT2D eigenvalue weighted by Gasteiger charge is -2.18. The van der Waals surface area contributed by atoms with Crippen molar-refractivity contribution in [2.45, 2.75) is 52.8 Å². The molecule has 0 saturated carbocycles. The summed E-state index contributed by atoms with van der Waals surface area (Å²) >= 11 is 1.49. The minimum absolute atomic E-state index is 0.0229. The van der Waals surface area contributed by atoms with E-state index in [9.17, 15) is 18.0 Å². The zero-order valence-corrected chi connectivity index (χ0v) is 24.6. The van der Waals surface area contributed by atoms with Crippen LogP contribution in [-0.2, 0) is 16.0 Å². The van der Waals surface area contributed by atoms with Crippen LogP contribution in [0.5, 0.6) is 0 Å². The average molecular weight is 583 g/mol. The molecule has 0 amide bonds. The first-order valence-corrected chi connectivity index (χ1v) is 13.7. The zero-order chi connectivity index (χ0) is 30.6. The predicted molar refractivity (Wildman–Crippen MR) is 159 cm³/mol. The van der Waals surface area contributed by atoms with E-state index in [1.165, 1.54) is 36.0 Å². The Bertz CT molecular complexity index is 1050. The highest BCUT2D eigenvalue weighted by Gasteiger charge is 2.28. The van der Waals surface area contributed by atoms with Gasteiger partial charge in [0.2, 0.25) is 0 Å². The quantitative estimate of drug-likeness (QED) is 0.0778. The molecule has 1 unspecified atom stereocenters. The van der Waals surface area contributed by atoms with Crippen molar-refractivity contribution in [2.24, 2.45) is 5.92 Å². The molecular weight excluding hydrogens is 541 g/mol. The van der Waals surface area contributed by atoms with Crippen molar-refractivity contribution in [3.05, 3.63) is 89.1 Å². The number of aryl methyl sites for hydroxylation is 1. The number of alkyl halides is 3. The van der Waals surface area contributed by atoms with E-state index in [1.54, 1.807) is 20.0 Å². The largest absolute Gasteiger partial charge is 0.484 e. The molecule has 1 aliphatic rings. The smallest absolute Gasteiger partial charge is 0.422 e. The number of anilines is 1. The van der Waals surface area contributed by atoms with Crippen molar-refractivity contribution >= 4 is 28.6 Å². The Morgan fingerprint density at radius 3 is 2.27 bits per heavy atom. The lowest BCUT2D eigenvalue weighted by molar-refractivity contribution is -0.163. The number of carboxylic acid groups (broad SMARTS) is 1. The first-order valence-electron chi connectivity index (χ1n) is 12.9. The number of carbonyl (C=O) groups is 2. The van der Waals surface area contributed by atoms with Crippen LogP contribution in [0.15, 0.2) is 78.7 Å². The Morgan fingerprint density at radius 2 is 1.80 bits per heavy atom. The molecule has 0 aromatic carbocycles. The molecule has 1 heterocycles. The van der Waals surface area contributed by atoms with Crippen LogP contribution in [0.2, 0.25) is 0 Å². The molecule has 1 atom stereocenters. The molecule has 6 nitrogen and oxygen atoms in total. The maximum Gasteiger partial charge on any atom is 0.422 e. The highest BCUT2D eigenvalue weighted by Crippen LogP contribution is 2.30. The van der Waals surface area contributed by atoms with E-state index in [4.69, 9.17) is 9.90 Å². The minimum atomic E-state index is -4.41. The van der Waals surface area contributed by atoms with Crippen LogP contribution in [0.1, 0.15) is 49.4 Å². The standard InChI is InChI=1S/C17H20F3NO2S.C12H19N.CH2O2/c1-5-12(23-10-17(18,19)20)8-7-11(3)15(22)14-9-13(6-2)24-16(14)21-4;1-3-10-13-11(2)12-8-6-4-5-7-9-12;2-1-3/h5,7-9,21H,3,6,10H2,1-2,4H3;4-9,11-13H,3,10H2,1-2H3;1H,(H,2,3)/b8-7-,12-5+;;. The number of ketones is 1. The summed E-state index contributed by atoms with van der Waals surface area (Å²) in [5.41, 5.74) is 0.675. The number of ether oxygens (including phenoxy) is 1. The number of rotatable bonds is 12. The summed E-state index contributed by atoms with van der Waals surface area (Å²) in [5.74, 6) is 0.272. The highest BCUT2D eigenvalue weighted by atomic mass is 32.1. The lowest BCUT2D eigenvalue weighted by atomic mass is 10.0. The fraction of sp³-hybridized carbons (Fsp3) is 0.400. The molecule has 10 heteroatoms. The van der Waals surface area contributed by atoms with Gasteiger partial charge in [0.1, 0.15) is 5.76 Å². The Hall–Kier alpha value is -3.37. The Morgan fingerprint density at radius 1 is 1.20 bits per heavy atom. The number of Topliss-reactive ketones (excluding diaryl/α,β-unsaturated/α-hetero) is 1. The van der Waals surface area contributed by atoms with Crippen LogP contribution in [0.4, 0.5) is 18.2 Å². The molecule has 3 N–H and O–H groups in total. The second-order valence-electron chi connectivity index (χ2n) is 8.42. The fourth-order valence-electron chi connectivity index (χ4n) is 3.21. The van der Waals surface area contributed by atoms with Gasteiger partial charge < -0.3 is 20.5 Å². The van der Waals surface area contributed by atoms with Crippen molar-refractivity contribution in [3.8, 4) is 0 Å². The highest BCUT2D eigenvalue weighted by molar-refractivity contribution is 7.16. The van der Waals surface area contributed by atoms with Gasteiger partial charge in [-0.1, -0.05) is 56.9 Å². The molecule has 0 spiro atoms. The van der Waals surface area contributed by atoms with E-state index in [-0.39, 0.29) is 23.6 Å². The Balaban J connectivity index is 0.000000794. The van der Waals surface area contributed by atoms with Gasteiger partial charge in [-0.15, -0.1) is 11.3 Å². The van der Waals surface area contributed by atoms with Crippen LogP contribution in [0.3, 0.4) is 0 Å². The molecule has 0 bridgehead atoms. The third-order valence-electron chi connectivity index (χ3n) is 5.32. The monoisotopic (exact) mass is 582 g/mol. The van der Waals surface area contributed by atoms with E-state index >= 15 is 0 Å². The van der Waals surface area contributed by atoms with Crippen LogP contribution in [0, 0.1) is 5.92 Å². The van der Waals surface area contributed by atoms with Crippen molar-refractivity contribution in [1.29, 1.82) is 0 Å². The average Bonchev–Trinajstić information content (AvgIpc) is 3.16. The second-order valence-corrected chi connectivity index (χ2v) is 9.56. The summed E-state index contributed by atoms with van der Waals surface area (Å²) in [6.45, 7) is 11.1. The van der Waals surface area contributed by atoms with E-state index in [0.717, 1.165) is 22.8 Å². The Labute approximate surface area is 239 Å². The molecule has 0 radical (unpaired) electrons. The van der Waals surface area contributed by atoms with Crippen LogP contribution < -0.4 is 10.6 Å². The third kappa shape index (κ3) is 15.3. The molecule has 1 aromatic heterocycles. The summed E-state index contributed by atoms with van der Waals surface area (Å²) in [6.07, 6.45) is 14.5. The van der Waals surface area contributed by atoms with Gasteiger partial charge in [-0.05, 0) is 57.5 Å². The van der Waals surface area contributed by atoms with E-state index < -0.39 is 12.8 Å². The number of hydrogen-bond donors (Lipinski definition) is 3. The first kappa shape index (κ1) is 36.6. The molecule has 0 fully saturated rings. The number of carbonyl (C=O) groups excluding carboxylic acids is 1. The molecule has 2 rings (SSSR count). The number of hydrogen-bond acceptors (Lipinski definition) is 6. The van der Waals surface area contributed by atoms with Gasteiger partial charge in [0.05, 0.1) is 10.6 Å². The first-order chi connectivity index (χ1) is 19.0. The van der Waals surface area contributed by atoms with Gasteiger partial charge in [0.15, 0.2) is 12.4 Å². The summed E-state index contributed by atoms with van der Waals surface area (Å²) in [7, 11) is 1.73. The van der Waals surface area contributed by atoms with Gasteiger partial charge in [0, 0.05) is 29.5 Å². The van der Waals surface area contributed by atoms with Gasteiger partial charge in [-0.3, -0.25) is 9.59 Å². The molecule has 1 aliphatic carbocycles.